The molecule has 2 aromatic carbocycles. The second-order valence-electron chi connectivity index (χ2n) is 3.49. The fraction of sp³-hybridized carbons (Fsp3) is 0.0769. The van der Waals surface area contributed by atoms with E-state index in [0.29, 0.717) is 16.3 Å². The monoisotopic (exact) mass is 252 g/mol. The molecule has 0 spiro atoms. The molecule has 0 radical (unpaired) electrons. The van der Waals surface area contributed by atoms with Crippen LogP contribution in [0.4, 0.5) is 4.39 Å². The molecule has 0 aliphatic rings. The Morgan fingerprint density at radius 3 is 2.65 bits per heavy atom. The van der Waals surface area contributed by atoms with E-state index in [1.807, 2.05) is 0 Å². The average Bonchev–Trinajstić information content (AvgIpc) is 2.30. The van der Waals surface area contributed by atoms with Crippen molar-refractivity contribution in [2.75, 3.05) is 0 Å². The molecule has 0 bridgehead atoms. The molecule has 0 heterocycles. The molecule has 2 aromatic rings. The third-order valence-corrected chi connectivity index (χ3v) is 2.50. The minimum atomic E-state index is -0.423. The van der Waals surface area contributed by atoms with Gasteiger partial charge in [-0.2, -0.15) is 0 Å². The molecule has 0 unspecified atom stereocenters. The van der Waals surface area contributed by atoms with E-state index in [0.717, 1.165) is 0 Å². The van der Waals surface area contributed by atoms with E-state index in [1.165, 1.54) is 12.1 Å². The summed E-state index contributed by atoms with van der Waals surface area (Å²) < 4.78 is 18.7. The lowest BCUT2D eigenvalue weighted by atomic mass is 10.2. The fourth-order valence-electron chi connectivity index (χ4n) is 1.37. The molecule has 1 N–H and O–H groups in total. The quantitative estimate of drug-likeness (QED) is 0.901. The van der Waals surface area contributed by atoms with Crippen LogP contribution in [0.25, 0.3) is 0 Å². The number of benzene rings is 2. The lowest BCUT2D eigenvalue weighted by Crippen LogP contribution is -1.98. The van der Waals surface area contributed by atoms with Crippen molar-refractivity contribution in [1.29, 1.82) is 0 Å². The van der Waals surface area contributed by atoms with Crippen LogP contribution in [0.5, 0.6) is 11.5 Å². The summed E-state index contributed by atoms with van der Waals surface area (Å²) in [7, 11) is 0. The number of halogens is 2. The van der Waals surface area contributed by atoms with Gasteiger partial charge in [-0.25, -0.2) is 4.39 Å². The van der Waals surface area contributed by atoms with Crippen LogP contribution >= 0.6 is 11.6 Å². The Kier molecular flexibility index (Phi) is 3.49. The normalized spacial score (nSPS) is 10.2. The van der Waals surface area contributed by atoms with Gasteiger partial charge >= 0.3 is 0 Å². The second-order valence-corrected chi connectivity index (χ2v) is 3.93. The first-order chi connectivity index (χ1) is 8.16. The standard InChI is InChI=1S/C13H10ClFO2/c14-10-6-5-9(11(15)7-10)8-17-13-4-2-1-3-12(13)16/h1-7,16H,8H2. The summed E-state index contributed by atoms with van der Waals surface area (Å²) in [4.78, 5) is 0. The van der Waals surface area contributed by atoms with Crippen molar-refractivity contribution in [3.8, 4) is 11.5 Å². The van der Waals surface area contributed by atoms with Gasteiger partial charge in [-0.1, -0.05) is 29.8 Å². The number of hydrogen-bond donors (Lipinski definition) is 1. The predicted molar refractivity (Wildman–Crippen MR) is 63.8 cm³/mol. The second kappa shape index (κ2) is 5.06. The number of phenolic OH excluding ortho intramolecular Hbond substituents is 1. The molecule has 4 heteroatoms. The van der Waals surface area contributed by atoms with E-state index in [4.69, 9.17) is 16.3 Å². The van der Waals surface area contributed by atoms with Crippen LogP contribution in [-0.2, 0) is 6.61 Å². The van der Waals surface area contributed by atoms with Gasteiger partial charge in [0.15, 0.2) is 11.5 Å². The minimum Gasteiger partial charge on any atom is -0.504 e. The molecular formula is C13H10ClFO2. The number of hydrogen-bond acceptors (Lipinski definition) is 2. The molecular weight excluding hydrogens is 243 g/mol. The van der Waals surface area contributed by atoms with Gasteiger partial charge in [-0.3, -0.25) is 0 Å². The Labute approximate surface area is 103 Å². The van der Waals surface area contributed by atoms with E-state index in [-0.39, 0.29) is 12.4 Å². The van der Waals surface area contributed by atoms with Crippen molar-refractivity contribution in [2.24, 2.45) is 0 Å². The van der Waals surface area contributed by atoms with Gasteiger partial charge in [0.25, 0.3) is 0 Å². The molecule has 0 fully saturated rings. The molecule has 88 valence electrons. The summed E-state index contributed by atoms with van der Waals surface area (Å²) in [6, 6.07) is 10.9. The largest absolute Gasteiger partial charge is 0.504 e. The van der Waals surface area contributed by atoms with Crippen LogP contribution in [0.1, 0.15) is 5.56 Å². The lowest BCUT2D eigenvalue weighted by Gasteiger charge is -2.08. The first kappa shape index (κ1) is 11.7. The first-order valence-electron chi connectivity index (χ1n) is 5.01. The molecule has 0 saturated carbocycles. The molecule has 0 aromatic heterocycles. The zero-order valence-electron chi connectivity index (χ0n) is 8.86. The Bertz CT molecular complexity index is 529. The maximum atomic E-state index is 13.4. The molecule has 0 atom stereocenters. The van der Waals surface area contributed by atoms with Crippen LogP contribution in [0.3, 0.4) is 0 Å². The molecule has 17 heavy (non-hydrogen) atoms. The summed E-state index contributed by atoms with van der Waals surface area (Å²) >= 11 is 5.64. The maximum absolute atomic E-state index is 13.4. The molecule has 0 aliphatic heterocycles. The zero-order chi connectivity index (χ0) is 12.3. The third-order valence-electron chi connectivity index (χ3n) is 2.26. The third kappa shape index (κ3) is 2.88. The Balaban J connectivity index is 2.10. The number of ether oxygens (including phenoxy) is 1. The molecule has 0 aliphatic carbocycles. The predicted octanol–water partition coefficient (Wildman–Crippen LogP) is 3.76. The molecule has 0 amide bonds. The van der Waals surface area contributed by atoms with Gasteiger partial charge in [0.05, 0.1) is 0 Å². The highest BCUT2D eigenvalue weighted by atomic mass is 35.5. The first-order valence-corrected chi connectivity index (χ1v) is 5.39. The van der Waals surface area contributed by atoms with Crippen molar-refractivity contribution in [3.05, 3.63) is 58.9 Å². The maximum Gasteiger partial charge on any atom is 0.161 e. The molecule has 0 saturated heterocycles. The van der Waals surface area contributed by atoms with Crippen LogP contribution in [-0.4, -0.2) is 5.11 Å². The van der Waals surface area contributed by atoms with Crippen LogP contribution in [0.2, 0.25) is 5.02 Å². The topological polar surface area (TPSA) is 29.5 Å². The number of rotatable bonds is 3. The van der Waals surface area contributed by atoms with Crippen molar-refractivity contribution in [2.45, 2.75) is 6.61 Å². The molecule has 2 nitrogen and oxygen atoms in total. The number of phenols is 1. The Morgan fingerprint density at radius 1 is 1.18 bits per heavy atom. The van der Waals surface area contributed by atoms with Gasteiger partial charge in [-0.15, -0.1) is 0 Å². The lowest BCUT2D eigenvalue weighted by molar-refractivity contribution is 0.284. The summed E-state index contributed by atoms with van der Waals surface area (Å²) in [6.07, 6.45) is 0. The zero-order valence-corrected chi connectivity index (χ0v) is 9.62. The summed E-state index contributed by atoms with van der Waals surface area (Å²) in [6.45, 7) is 0.0422. The van der Waals surface area contributed by atoms with Crippen LogP contribution in [0.15, 0.2) is 42.5 Å². The highest BCUT2D eigenvalue weighted by Gasteiger charge is 2.05. The highest BCUT2D eigenvalue weighted by molar-refractivity contribution is 6.30. The van der Waals surface area contributed by atoms with Crippen molar-refractivity contribution in [3.63, 3.8) is 0 Å². The highest BCUT2D eigenvalue weighted by Crippen LogP contribution is 2.25. The summed E-state index contributed by atoms with van der Waals surface area (Å²) in [5.41, 5.74) is 0.387. The van der Waals surface area contributed by atoms with Gasteiger partial charge in [-0.05, 0) is 24.3 Å². The van der Waals surface area contributed by atoms with Crippen LogP contribution < -0.4 is 4.74 Å². The summed E-state index contributed by atoms with van der Waals surface area (Å²) in [5.74, 6) is -0.0726. The smallest absolute Gasteiger partial charge is 0.161 e. The van der Waals surface area contributed by atoms with E-state index in [2.05, 4.69) is 0 Å². The Hall–Kier alpha value is -1.74. The van der Waals surface area contributed by atoms with Gasteiger partial charge < -0.3 is 9.84 Å². The van der Waals surface area contributed by atoms with Gasteiger partial charge in [0, 0.05) is 10.6 Å². The van der Waals surface area contributed by atoms with Gasteiger partial charge in [0.1, 0.15) is 12.4 Å². The minimum absolute atomic E-state index is 0.0295. The van der Waals surface area contributed by atoms with Crippen molar-refractivity contribution in [1.82, 2.24) is 0 Å². The number of aromatic hydroxyl groups is 1. The van der Waals surface area contributed by atoms with Crippen molar-refractivity contribution < 1.29 is 14.2 Å². The Morgan fingerprint density at radius 2 is 1.94 bits per heavy atom. The van der Waals surface area contributed by atoms with E-state index in [1.54, 1.807) is 30.3 Å². The molecule has 2 rings (SSSR count). The van der Waals surface area contributed by atoms with E-state index < -0.39 is 5.82 Å². The number of para-hydroxylation sites is 2. The van der Waals surface area contributed by atoms with Crippen LogP contribution in [0, 0.1) is 5.82 Å². The van der Waals surface area contributed by atoms with E-state index in [9.17, 15) is 9.50 Å². The van der Waals surface area contributed by atoms with Crippen molar-refractivity contribution >= 4 is 11.6 Å². The SMILES string of the molecule is Oc1ccccc1OCc1ccc(Cl)cc1F. The average molecular weight is 253 g/mol. The fourth-order valence-corrected chi connectivity index (χ4v) is 1.53. The van der Waals surface area contributed by atoms with Gasteiger partial charge in [0.2, 0.25) is 0 Å². The summed E-state index contributed by atoms with van der Waals surface area (Å²) in [5, 5.41) is 9.80. The van der Waals surface area contributed by atoms with E-state index >= 15 is 0 Å².